The van der Waals surface area contributed by atoms with Crippen LogP contribution in [0, 0.1) is 0 Å². The van der Waals surface area contributed by atoms with Crippen molar-refractivity contribution in [2.24, 2.45) is 5.73 Å². The van der Waals surface area contributed by atoms with Gasteiger partial charge in [-0.2, -0.15) is 0 Å². The minimum absolute atomic E-state index is 0.0142. The largest absolute Gasteiger partial charge is 0.493 e. The van der Waals surface area contributed by atoms with Gasteiger partial charge in [-0.25, -0.2) is 0 Å². The molecule has 96 valence electrons. The second kappa shape index (κ2) is 8.37. The summed E-state index contributed by atoms with van der Waals surface area (Å²) < 4.78 is 10.1. The summed E-state index contributed by atoms with van der Waals surface area (Å²) in [6.45, 7) is -0.264. The first-order valence-corrected chi connectivity index (χ1v) is 4.82. The maximum atomic E-state index is 9.24. The van der Waals surface area contributed by atoms with Gasteiger partial charge in [0.15, 0.2) is 11.5 Å². The average molecular weight is 243 g/mol. The van der Waals surface area contributed by atoms with Gasteiger partial charge in [0, 0.05) is 0 Å². The lowest BCUT2D eigenvalue weighted by molar-refractivity contribution is -0.135. The second-order valence-corrected chi connectivity index (χ2v) is 2.95. The quantitative estimate of drug-likeness (QED) is 0.699. The fourth-order valence-electron chi connectivity index (χ4n) is 0.979. The number of hydrogen-bond donors (Lipinski definition) is 3. The van der Waals surface area contributed by atoms with Crippen molar-refractivity contribution in [2.45, 2.75) is 6.61 Å². The standard InChI is InChI=1S/C9H12O3.C2H5NO2/c1-11-8-4-3-7(6-10)5-9(8)12-2;3-1-2(4)5/h3-5,10H,6H2,1-2H3;1,3H2,(H,4,5). The van der Waals surface area contributed by atoms with E-state index >= 15 is 0 Å². The van der Waals surface area contributed by atoms with Crippen LogP contribution in [0.5, 0.6) is 11.5 Å². The Morgan fingerprint density at radius 1 is 1.29 bits per heavy atom. The molecular formula is C11H17NO5. The summed E-state index contributed by atoms with van der Waals surface area (Å²) in [6.07, 6.45) is 0. The molecule has 0 aromatic heterocycles. The highest BCUT2D eigenvalue weighted by atomic mass is 16.5. The van der Waals surface area contributed by atoms with Gasteiger partial charge in [0.1, 0.15) is 0 Å². The van der Waals surface area contributed by atoms with Crippen LogP contribution in [0.2, 0.25) is 0 Å². The Kier molecular flexibility index (Phi) is 7.49. The molecule has 0 unspecified atom stereocenters. The van der Waals surface area contributed by atoms with Crippen LogP contribution < -0.4 is 15.2 Å². The van der Waals surface area contributed by atoms with Crippen molar-refractivity contribution < 1.29 is 24.5 Å². The third-order valence-electron chi connectivity index (χ3n) is 1.81. The van der Waals surface area contributed by atoms with Crippen LogP contribution in [0.25, 0.3) is 0 Å². The number of benzene rings is 1. The SMILES string of the molecule is COc1ccc(CO)cc1OC.NCC(=O)O. The van der Waals surface area contributed by atoms with E-state index < -0.39 is 5.97 Å². The third-order valence-corrected chi connectivity index (χ3v) is 1.81. The molecule has 4 N–H and O–H groups in total. The molecule has 0 fully saturated rings. The number of hydrogen-bond acceptors (Lipinski definition) is 5. The Labute approximate surface area is 99.6 Å². The molecule has 17 heavy (non-hydrogen) atoms. The highest BCUT2D eigenvalue weighted by molar-refractivity contribution is 5.68. The van der Waals surface area contributed by atoms with Gasteiger partial charge in [-0.05, 0) is 17.7 Å². The minimum atomic E-state index is -0.968. The first kappa shape index (κ1) is 15.2. The summed E-state index contributed by atoms with van der Waals surface area (Å²) in [5.74, 6) is 0.351. The Hall–Kier alpha value is -1.79. The first-order chi connectivity index (χ1) is 8.08. The van der Waals surface area contributed by atoms with Gasteiger partial charge in [-0.3, -0.25) is 4.79 Å². The Morgan fingerprint density at radius 3 is 2.18 bits per heavy atom. The van der Waals surface area contributed by atoms with E-state index in [2.05, 4.69) is 5.73 Å². The van der Waals surface area contributed by atoms with Crippen LogP contribution in [-0.4, -0.2) is 36.9 Å². The van der Waals surface area contributed by atoms with Crippen LogP contribution in [-0.2, 0) is 11.4 Å². The molecule has 0 bridgehead atoms. The zero-order chi connectivity index (χ0) is 13.3. The van der Waals surface area contributed by atoms with Crippen LogP contribution in [0.1, 0.15) is 5.56 Å². The van der Waals surface area contributed by atoms with Crippen LogP contribution in [0.15, 0.2) is 18.2 Å². The highest BCUT2D eigenvalue weighted by Gasteiger charge is 2.02. The molecule has 0 radical (unpaired) electrons. The van der Waals surface area contributed by atoms with Crippen molar-refractivity contribution in [3.8, 4) is 11.5 Å². The Balaban J connectivity index is 0.000000437. The van der Waals surface area contributed by atoms with Gasteiger partial charge in [0.2, 0.25) is 0 Å². The average Bonchev–Trinajstić information content (AvgIpc) is 2.38. The van der Waals surface area contributed by atoms with Crippen LogP contribution >= 0.6 is 0 Å². The maximum Gasteiger partial charge on any atom is 0.317 e. The molecular weight excluding hydrogens is 226 g/mol. The van der Waals surface area contributed by atoms with Crippen LogP contribution in [0.4, 0.5) is 0 Å². The number of methoxy groups -OCH3 is 2. The van der Waals surface area contributed by atoms with Gasteiger partial charge in [-0.1, -0.05) is 6.07 Å². The number of aliphatic hydroxyl groups excluding tert-OH is 1. The van der Waals surface area contributed by atoms with Crippen molar-refractivity contribution in [3.63, 3.8) is 0 Å². The molecule has 0 amide bonds. The number of aliphatic carboxylic acids is 1. The van der Waals surface area contributed by atoms with Crippen molar-refractivity contribution >= 4 is 5.97 Å². The predicted molar refractivity (Wildman–Crippen MR) is 62.2 cm³/mol. The summed E-state index contributed by atoms with van der Waals surface area (Å²) in [7, 11) is 3.15. The van der Waals surface area contributed by atoms with Crippen molar-refractivity contribution in [1.82, 2.24) is 0 Å². The summed E-state index contributed by atoms with van der Waals surface area (Å²) in [4.78, 5) is 9.24. The van der Waals surface area contributed by atoms with E-state index in [0.29, 0.717) is 11.5 Å². The van der Waals surface area contributed by atoms with Gasteiger partial charge in [-0.15, -0.1) is 0 Å². The molecule has 0 saturated heterocycles. The lowest BCUT2D eigenvalue weighted by Crippen LogP contribution is -2.10. The van der Waals surface area contributed by atoms with Gasteiger partial charge >= 0.3 is 5.97 Å². The molecule has 0 aliphatic heterocycles. The summed E-state index contributed by atoms with van der Waals surface area (Å²) in [5, 5.41) is 16.4. The molecule has 1 aromatic rings. The zero-order valence-electron chi connectivity index (χ0n) is 9.84. The molecule has 0 saturated carbocycles. The number of nitrogens with two attached hydrogens (primary N) is 1. The molecule has 0 heterocycles. The monoisotopic (exact) mass is 243 g/mol. The minimum Gasteiger partial charge on any atom is -0.493 e. The van der Waals surface area contributed by atoms with Gasteiger partial charge in [0.05, 0.1) is 27.4 Å². The molecule has 1 aromatic carbocycles. The molecule has 1 rings (SSSR count). The van der Waals surface area contributed by atoms with E-state index in [1.54, 1.807) is 32.4 Å². The van der Waals surface area contributed by atoms with E-state index in [1.165, 1.54) is 0 Å². The maximum absolute atomic E-state index is 9.24. The van der Waals surface area contributed by atoms with Crippen molar-refractivity contribution in [3.05, 3.63) is 23.8 Å². The fraction of sp³-hybridized carbons (Fsp3) is 0.364. The highest BCUT2D eigenvalue weighted by Crippen LogP contribution is 2.27. The number of aliphatic hydroxyl groups is 1. The second-order valence-electron chi connectivity index (χ2n) is 2.95. The number of carboxylic acids is 1. The normalized spacial score (nSPS) is 8.94. The van der Waals surface area contributed by atoms with Crippen molar-refractivity contribution in [1.29, 1.82) is 0 Å². The number of carbonyl (C=O) groups is 1. The predicted octanol–water partition coefficient (Wildman–Crippen LogP) is 0.226. The molecule has 6 heteroatoms. The van der Waals surface area contributed by atoms with E-state index in [4.69, 9.17) is 19.7 Å². The summed E-state index contributed by atoms with van der Waals surface area (Å²) >= 11 is 0. The van der Waals surface area contributed by atoms with Gasteiger partial charge < -0.3 is 25.4 Å². The first-order valence-electron chi connectivity index (χ1n) is 4.82. The molecule has 0 aliphatic carbocycles. The fourth-order valence-corrected chi connectivity index (χ4v) is 0.979. The smallest absolute Gasteiger partial charge is 0.317 e. The lowest BCUT2D eigenvalue weighted by atomic mass is 10.2. The Morgan fingerprint density at radius 2 is 1.82 bits per heavy atom. The summed E-state index contributed by atoms with van der Waals surface area (Å²) in [5.41, 5.74) is 5.38. The molecule has 0 atom stereocenters. The lowest BCUT2D eigenvalue weighted by Gasteiger charge is -2.07. The number of carboxylic acid groups (broad SMARTS) is 1. The topological polar surface area (TPSA) is 102 Å². The van der Waals surface area contributed by atoms with Crippen molar-refractivity contribution in [2.75, 3.05) is 20.8 Å². The van der Waals surface area contributed by atoms with E-state index in [1.807, 2.05) is 0 Å². The summed E-state index contributed by atoms with van der Waals surface area (Å²) in [6, 6.07) is 5.31. The molecule has 0 aliphatic rings. The molecule has 0 spiro atoms. The van der Waals surface area contributed by atoms with E-state index in [9.17, 15) is 4.79 Å². The zero-order valence-corrected chi connectivity index (χ0v) is 9.84. The van der Waals surface area contributed by atoms with E-state index in [-0.39, 0.29) is 13.2 Å². The third kappa shape index (κ3) is 5.74. The van der Waals surface area contributed by atoms with Gasteiger partial charge in [0.25, 0.3) is 0 Å². The van der Waals surface area contributed by atoms with Crippen LogP contribution in [0.3, 0.4) is 0 Å². The number of rotatable bonds is 4. The molecule has 6 nitrogen and oxygen atoms in total. The number of ether oxygens (including phenoxy) is 2. The van der Waals surface area contributed by atoms with E-state index in [0.717, 1.165) is 5.56 Å². The Bertz CT molecular complexity index is 354.